The molecule has 142 valence electrons. The number of nitrogens with zero attached hydrogens (tertiary/aromatic N) is 2. The van der Waals surface area contributed by atoms with Gasteiger partial charge in [-0.15, -0.1) is 11.6 Å². The molecular formula is C17H13Cl4N3O3. The molecule has 1 fully saturated rings. The second-order valence-electron chi connectivity index (χ2n) is 5.78. The molecule has 2 unspecified atom stereocenters. The first kappa shape index (κ1) is 20.0. The van der Waals surface area contributed by atoms with Gasteiger partial charge >= 0.3 is 0 Å². The van der Waals surface area contributed by atoms with E-state index in [1.54, 1.807) is 0 Å². The molecule has 0 spiro atoms. The molecule has 2 aromatic rings. The van der Waals surface area contributed by atoms with Crippen molar-refractivity contribution in [3.8, 4) is 5.88 Å². The zero-order chi connectivity index (χ0) is 19.7. The monoisotopic (exact) mass is 447 g/mol. The van der Waals surface area contributed by atoms with Crippen LogP contribution in [0.25, 0.3) is 0 Å². The Morgan fingerprint density at radius 3 is 2.67 bits per heavy atom. The third-order valence-electron chi connectivity index (χ3n) is 3.98. The summed E-state index contributed by atoms with van der Waals surface area (Å²) in [7, 11) is 0. The van der Waals surface area contributed by atoms with Crippen molar-refractivity contribution < 1.29 is 14.3 Å². The molecule has 2 amide bonds. The van der Waals surface area contributed by atoms with Crippen molar-refractivity contribution in [1.82, 2.24) is 15.4 Å². The van der Waals surface area contributed by atoms with Gasteiger partial charge in [0.1, 0.15) is 16.4 Å². The molecule has 3 rings (SSSR count). The fourth-order valence-electron chi connectivity index (χ4n) is 2.62. The Morgan fingerprint density at radius 1 is 1.26 bits per heavy atom. The number of benzene rings is 1. The topological polar surface area (TPSA) is 71.5 Å². The third kappa shape index (κ3) is 4.09. The van der Waals surface area contributed by atoms with E-state index in [-0.39, 0.29) is 21.1 Å². The first-order chi connectivity index (χ1) is 12.8. The van der Waals surface area contributed by atoms with Crippen LogP contribution in [0.5, 0.6) is 5.88 Å². The van der Waals surface area contributed by atoms with Gasteiger partial charge in [0.05, 0.1) is 5.02 Å². The highest BCUT2D eigenvalue weighted by Crippen LogP contribution is 2.38. The fourth-order valence-corrected chi connectivity index (χ4v) is 3.52. The third-order valence-corrected chi connectivity index (χ3v) is 5.34. The number of rotatable bonds is 5. The van der Waals surface area contributed by atoms with Gasteiger partial charge in [-0.05, 0) is 24.1 Å². The summed E-state index contributed by atoms with van der Waals surface area (Å²) in [6.45, 7) is 1.48. The predicted octanol–water partition coefficient (Wildman–Crippen LogP) is 3.95. The number of alkyl halides is 1. The zero-order valence-electron chi connectivity index (χ0n) is 13.9. The van der Waals surface area contributed by atoms with Crippen LogP contribution < -0.4 is 10.2 Å². The quantitative estimate of drug-likeness (QED) is 0.427. The molecule has 1 aliphatic heterocycles. The standard InChI is InChI=1S/C17H13Cl4N3O3/c1-8-4-2-3-5-9(8)14-13(20)17(26)24(14)23-12(25)7-27-16-11(19)6-10(18)15(21)22-16/h2-6,13-14H,7H2,1H3,(H,23,25). The van der Waals surface area contributed by atoms with Crippen molar-refractivity contribution in [3.05, 3.63) is 56.7 Å². The van der Waals surface area contributed by atoms with Crippen molar-refractivity contribution in [2.45, 2.75) is 18.3 Å². The smallest absolute Gasteiger partial charge is 0.276 e. The largest absolute Gasteiger partial charge is 0.466 e. The van der Waals surface area contributed by atoms with Gasteiger partial charge in [-0.3, -0.25) is 15.0 Å². The summed E-state index contributed by atoms with van der Waals surface area (Å²) in [5, 5.41) is 0.711. The van der Waals surface area contributed by atoms with Crippen LogP contribution in [0.2, 0.25) is 15.2 Å². The number of hydrazine groups is 1. The maximum Gasteiger partial charge on any atom is 0.276 e. The summed E-state index contributed by atoms with van der Waals surface area (Å²) in [6, 6.07) is 8.38. The van der Waals surface area contributed by atoms with Crippen LogP contribution in [0.4, 0.5) is 0 Å². The zero-order valence-corrected chi connectivity index (χ0v) is 16.9. The summed E-state index contributed by atoms with van der Waals surface area (Å²) in [6.07, 6.45) is 0. The molecule has 6 nitrogen and oxygen atoms in total. The lowest BCUT2D eigenvalue weighted by molar-refractivity contribution is -0.157. The summed E-state index contributed by atoms with van der Waals surface area (Å²) in [5.41, 5.74) is 4.31. The Morgan fingerprint density at radius 2 is 1.96 bits per heavy atom. The number of pyridine rings is 1. The molecule has 0 aliphatic carbocycles. The summed E-state index contributed by atoms with van der Waals surface area (Å²) in [5.74, 6) is -1.01. The molecular weight excluding hydrogens is 436 g/mol. The number of amides is 2. The maximum absolute atomic E-state index is 12.2. The summed E-state index contributed by atoms with van der Waals surface area (Å²) < 4.78 is 5.26. The van der Waals surface area contributed by atoms with Gasteiger partial charge < -0.3 is 4.74 Å². The van der Waals surface area contributed by atoms with E-state index in [1.165, 1.54) is 11.1 Å². The predicted molar refractivity (Wildman–Crippen MR) is 103 cm³/mol. The van der Waals surface area contributed by atoms with E-state index in [0.717, 1.165) is 11.1 Å². The van der Waals surface area contributed by atoms with Gasteiger partial charge in [-0.2, -0.15) is 4.98 Å². The highest BCUT2D eigenvalue weighted by molar-refractivity contribution is 6.42. The highest BCUT2D eigenvalue weighted by atomic mass is 35.5. The summed E-state index contributed by atoms with van der Waals surface area (Å²) >= 11 is 23.7. The molecule has 2 atom stereocenters. The van der Waals surface area contributed by atoms with Crippen molar-refractivity contribution in [1.29, 1.82) is 0 Å². The number of ether oxygens (including phenoxy) is 1. The number of β-lactam (4-membered cyclic amide) rings is 1. The minimum Gasteiger partial charge on any atom is -0.466 e. The second-order valence-corrected chi connectivity index (χ2v) is 7.43. The second kappa shape index (κ2) is 8.10. The molecule has 1 saturated heterocycles. The number of halogens is 4. The van der Waals surface area contributed by atoms with Crippen LogP contribution in [0.3, 0.4) is 0 Å². The number of aromatic nitrogens is 1. The van der Waals surface area contributed by atoms with E-state index in [1.807, 2.05) is 31.2 Å². The van der Waals surface area contributed by atoms with Crippen LogP contribution in [0.15, 0.2) is 30.3 Å². The lowest BCUT2D eigenvalue weighted by Crippen LogP contribution is -2.63. The van der Waals surface area contributed by atoms with E-state index in [0.29, 0.717) is 0 Å². The number of hydrogen-bond acceptors (Lipinski definition) is 4. The van der Waals surface area contributed by atoms with Crippen molar-refractivity contribution in [2.24, 2.45) is 0 Å². The number of nitrogens with one attached hydrogen (secondary N) is 1. The van der Waals surface area contributed by atoms with Crippen molar-refractivity contribution >= 4 is 58.2 Å². The molecule has 27 heavy (non-hydrogen) atoms. The van der Waals surface area contributed by atoms with E-state index < -0.39 is 29.8 Å². The SMILES string of the molecule is Cc1ccccc1C1C(Cl)C(=O)N1NC(=O)COc1nc(Cl)c(Cl)cc1Cl. The van der Waals surface area contributed by atoms with Gasteiger partial charge in [-0.25, -0.2) is 5.01 Å². The highest BCUT2D eigenvalue weighted by Gasteiger charge is 2.48. The molecule has 0 bridgehead atoms. The lowest BCUT2D eigenvalue weighted by Gasteiger charge is -2.44. The van der Waals surface area contributed by atoms with Crippen LogP contribution in [0, 0.1) is 6.92 Å². The average Bonchev–Trinajstić information content (AvgIpc) is 2.64. The van der Waals surface area contributed by atoms with E-state index in [4.69, 9.17) is 51.1 Å². The molecule has 1 aromatic heterocycles. The summed E-state index contributed by atoms with van der Waals surface area (Å²) in [4.78, 5) is 28.1. The van der Waals surface area contributed by atoms with Crippen LogP contribution in [-0.4, -0.2) is 33.8 Å². The molecule has 0 radical (unpaired) electrons. The molecule has 1 N–H and O–H groups in total. The Hall–Kier alpha value is -1.73. The Kier molecular flexibility index (Phi) is 6.01. The van der Waals surface area contributed by atoms with E-state index in [9.17, 15) is 9.59 Å². The van der Waals surface area contributed by atoms with Gasteiger partial charge in [0.25, 0.3) is 11.8 Å². The fraction of sp³-hybridized carbons (Fsp3) is 0.235. The van der Waals surface area contributed by atoms with Gasteiger partial charge in [-0.1, -0.05) is 59.1 Å². The van der Waals surface area contributed by atoms with Crippen LogP contribution in [-0.2, 0) is 9.59 Å². The van der Waals surface area contributed by atoms with Crippen molar-refractivity contribution in [2.75, 3.05) is 6.61 Å². The maximum atomic E-state index is 12.2. The molecule has 0 saturated carbocycles. The van der Waals surface area contributed by atoms with Crippen LogP contribution in [0.1, 0.15) is 17.2 Å². The number of carbonyl (C=O) groups excluding carboxylic acids is 2. The Bertz CT molecular complexity index is 909. The minimum atomic E-state index is -0.751. The first-order valence-electron chi connectivity index (χ1n) is 7.76. The normalized spacial score (nSPS) is 18.9. The number of carbonyl (C=O) groups is 2. The Balaban J connectivity index is 1.66. The van der Waals surface area contributed by atoms with Crippen LogP contribution >= 0.6 is 46.4 Å². The average molecular weight is 449 g/mol. The molecule has 10 heteroatoms. The molecule has 2 heterocycles. The number of aryl methyl sites for hydroxylation is 1. The Labute approximate surface area is 175 Å². The lowest BCUT2D eigenvalue weighted by atomic mass is 9.92. The molecule has 1 aromatic carbocycles. The van der Waals surface area contributed by atoms with Gasteiger partial charge in [0.2, 0.25) is 5.88 Å². The number of hydrogen-bond donors (Lipinski definition) is 1. The molecule has 1 aliphatic rings. The van der Waals surface area contributed by atoms with E-state index >= 15 is 0 Å². The first-order valence-corrected chi connectivity index (χ1v) is 9.33. The van der Waals surface area contributed by atoms with E-state index in [2.05, 4.69) is 10.4 Å². The van der Waals surface area contributed by atoms with Gasteiger partial charge in [0.15, 0.2) is 11.8 Å². The van der Waals surface area contributed by atoms with Crippen molar-refractivity contribution in [3.63, 3.8) is 0 Å². The minimum absolute atomic E-state index is 0.000931. The van der Waals surface area contributed by atoms with Gasteiger partial charge in [0, 0.05) is 0 Å².